The zero-order valence-corrected chi connectivity index (χ0v) is 15.0. The highest BCUT2D eigenvalue weighted by molar-refractivity contribution is 5.96. The third kappa shape index (κ3) is 4.02. The second-order valence-electron chi connectivity index (χ2n) is 6.81. The van der Waals surface area contributed by atoms with Gasteiger partial charge in [0.2, 0.25) is 11.8 Å². The van der Waals surface area contributed by atoms with Crippen molar-refractivity contribution in [2.75, 3.05) is 5.32 Å². The van der Waals surface area contributed by atoms with Crippen LogP contribution in [0.1, 0.15) is 35.2 Å². The molecular weight excluding hydrogens is 330 g/mol. The molecule has 136 valence electrons. The zero-order chi connectivity index (χ0) is 18.7. The Bertz CT molecular complexity index is 901. The number of anilines is 1. The van der Waals surface area contributed by atoms with Gasteiger partial charge in [-0.05, 0) is 49.9 Å². The van der Waals surface area contributed by atoms with Crippen LogP contribution in [0.25, 0.3) is 0 Å². The molecule has 0 aliphatic carbocycles. The number of benzene rings is 1. The van der Waals surface area contributed by atoms with Crippen molar-refractivity contribution in [3.8, 4) is 0 Å². The molecule has 1 atom stereocenters. The van der Waals surface area contributed by atoms with Crippen LogP contribution in [-0.2, 0) is 22.6 Å². The van der Waals surface area contributed by atoms with Gasteiger partial charge in [0.1, 0.15) is 0 Å². The van der Waals surface area contributed by atoms with Crippen molar-refractivity contribution >= 4 is 17.5 Å². The molecule has 1 aromatic carbocycles. The van der Waals surface area contributed by atoms with Crippen LogP contribution in [0.3, 0.4) is 0 Å². The van der Waals surface area contributed by atoms with Crippen molar-refractivity contribution in [3.05, 3.63) is 63.1 Å². The first-order valence-corrected chi connectivity index (χ1v) is 8.79. The fraction of sp³-hybridized carbons (Fsp3) is 0.350. The topological polar surface area (TPSA) is 91.1 Å². The summed E-state index contributed by atoms with van der Waals surface area (Å²) >= 11 is 0. The number of H-pyrrole nitrogens is 1. The molecule has 1 aliphatic heterocycles. The standard InChI is InChI=1S/C20H23N3O3/c1-12-9-13(2)22-20(26)16(12)11-21-18(24)8-7-15-10-14-5-3-4-6-17(14)23-19(15)25/h3-6,9,15H,7-8,10-11H2,1-2H3,(H,21,24)(H,22,26)(H,23,25)/t15-/m1/s1. The van der Waals surface area contributed by atoms with Crippen LogP contribution in [0.2, 0.25) is 0 Å². The molecule has 2 amide bonds. The minimum atomic E-state index is -0.208. The fourth-order valence-corrected chi connectivity index (χ4v) is 3.33. The second kappa shape index (κ2) is 7.56. The maximum atomic E-state index is 12.2. The van der Waals surface area contributed by atoms with Crippen molar-refractivity contribution in [1.82, 2.24) is 10.3 Å². The second-order valence-corrected chi connectivity index (χ2v) is 6.81. The predicted octanol–water partition coefficient (Wildman–Crippen LogP) is 2.20. The molecule has 0 spiro atoms. The first-order chi connectivity index (χ1) is 12.4. The molecule has 6 heteroatoms. The van der Waals surface area contributed by atoms with Gasteiger partial charge in [-0.15, -0.1) is 0 Å². The lowest BCUT2D eigenvalue weighted by Crippen LogP contribution is -2.32. The Morgan fingerprint density at radius 1 is 1.23 bits per heavy atom. The normalized spacial score (nSPS) is 15.9. The minimum absolute atomic E-state index is 0.0395. The number of carbonyl (C=O) groups is 2. The Morgan fingerprint density at radius 2 is 2.00 bits per heavy atom. The van der Waals surface area contributed by atoms with Crippen LogP contribution in [0, 0.1) is 19.8 Å². The molecule has 0 fully saturated rings. The summed E-state index contributed by atoms with van der Waals surface area (Å²) < 4.78 is 0. The fourth-order valence-electron chi connectivity index (χ4n) is 3.33. The average Bonchev–Trinajstić information content (AvgIpc) is 2.59. The molecule has 3 N–H and O–H groups in total. The molecule has 3 rings (SSSR count). The van der Waals surface area contributed by atoms with Gasteiger partial charge < -0.3 is 15.6 Å². The number of pyridine rings is 1. The van der Waals surface area contributed by atoms with Gasteiger partial charge in [-0.2, -0.15) is 0 Å². The van der Waals surface area contributed by atoms with Crippen molar-refractivity contribution in [2.45, 2.75) is 39.7 Å². The van der Waals surface area contributed by atoms with Gasteiger partial charge in [-0.3, -0.25) is 14.4 Å². The summed E-state index contributed by atoms with van der Waals surface area (Å²) in [5.74, 6) is -0.404. The van der Waals surface area contributed by atoms with Crippen molar-refractivity contribution < 1.29 is 9.59 Å². The van der Waals surface area contributed by atoms with Crippen LogP contribution in [0.4, 0.5) is 5.69 Å². The molecular formula is C20H23N3O3. The monoisotopic (exact) mass is 353 g/mol. The first-order valence-electron chi connectivity index (χ1n) is 8.79. The SMILES string of the molecule is Cc1cc(C)c(CNC(=O)CC[C@@H]2Cc3ccccc3NC2=O)c(=O)[nH]1. The lowest BCUT2D eigenvalue weighted by atomic mass is 9.89. The summed E-state index contributed by atoms with van der Waals surface area (Å²) in [6.45, 7) is 3.87. The molecule has 2 heterocycles. The third-order valence-electron chi connectivity index (χ3n) is 4.79. The quantitative estimate of drug-likeness (QED) is 0.769. The number of hydrogen-bond acceptors (Lipinski definition) is 3. The molecule has 0 bridgehead atoms. The zero-order valence-electron chi connectivity index (χ0n) is 15.0. The molecule has 6 nitrogen and oxygen atoms in total. The van der Waals surface area contributed by atoms with Gasteiger partial charge in [-0.1, -0.05) is 18.2 Å². The Kier molecular flexibility index (Phi) is 5.21. The van der Waals surface area contributed by atoms with Crippen LogP contribution >= 0.6 is 0 Å². The van der Waals surface area contributed by atoms with Crippen molar-refractivity contribution in [1.29, 1.82) is 0 Å². The van der Waals surface area contributed by atoms with E-state index in [-0.39, 0.29) is 36.3 Å². The van der Waals surface area contributed by atoms with Crippen molar-refractivity contribution in [2.24, 2.45) is 5.92 Å². The van der Waals surface area contributed by atoms with E-state index in [9.17, 15) is 14.4 Å². The Morgan fingerprint density at radius 3 is 2.77 bits per heavy atom. The number of carbonyl (C=O) groups excluding carboxylic acids is 2. The van der Waals surface area contributed by atoms with E-state index in [0.717, 1.165) is 22.5 Å². The molecule has 0 radical (unpaired) electrons. The van der Waals surface area contributed by atoms with E-state index in [1.807, 2.05) is 44.2 Å². The number of aromatic amines is 1. The van der Waals surface area contributed by atoms with E-state index < -0.39 is 0 Å². The highest BCUT2D eigenvalue weighted by Crippen LogP contribution is 2.27. The van der Waals surface area contributed by atoms with E-state index in [1.54, 1.807) is 0 Å². The van der Waals surface area contributed by atoms with Gasteiger partial charge in [0.15, 0.2) is 0 Å². The van der Waals surface area contributed by atoms with Crippen LogP contribution < -0.4 is 16.2 Å². The van der Waals surface area contributed by atoms with E-state index in [0.29, 0.717) is 18.4 Å². The molecule has 0 saturated carbocycles. The summed E-state index contributed by atoms with van der Waals surface area (Å²) in [5, 5.41) is 5.68. The third-order valence-corrected chi connectivity index (χ3v) is 4.79. The smallest absolute Gasteiger partial charge is 0.253 e. The maximum Gasteiger partial charge on any atom is 0.253 e. The van der Waals surface area contributed by atoms with Crippen molar-refractivity contribution in [3.63, 3.8) is 0 Å². The highest BCUT2D eigenvalue weighted by atomic mass is 16.2. The van der Waals surface area contributed by atoms with E-state index >= 15 is 0 Å². The van der Waals surface area contributed by atoms with E-state index in [2.05, 4.69) is 15.6 Å². The van der Waals surface area contributed by atoms with Crippen LogP contribution in [0.15, 0.2) is 35.1 Å². The summed E-state index contributed by atoms with van der Waals surface area (Å²) in [6.07, 6.45) is 1.38. The van der Waals surface area contributed by atoms with Crippen LogP contribution in [-0.4, -0.2) is 16.8 Å². The van der Waals surface area contributed by atoms with Gasteiger partial charge in [0.05, 0.1) is 0 Å². The maximum absolute atomic E-state index is 12.2. The number of rotatable bonds is 5. The number of amides is 2. The van der Waals surface area contributed by atoms with E-state index in [1.165, 1.54) is 0 Å². The minimum Gasteiger partial charge on any atom is -0.352 e. The van der Waals surface area contributed by atoms with Gasteiger partial charge in [-0.25, -0.2) is 0 Å². The Balaban J connectivity index is 1.54. The van der Waals surface area contributed by atoms with Gasteiger partial charge in [0, 0.05) is 35.8 Å². The summed E-state index contributed by atoms with van der Waals surface area (Å²) in [4.78, 5) is 39.0. The molecule has 0 unspecified atom stereocenters. The van der Waals surface area contributed by atoms with E-state index in [4.69, 9.17) is 0 Å². The van der Waals surface area contributed by atoms with Gasteiger partial charge >= 0.3 is 0 Å². The number of fused-ring (bicyclic) bond motifs is 1. The number of nitrogens with one attached hydrogen (secondary N) is 3. The number of para-hydroxylation sites is 1. The number of aromatic nitrogens is 1. The first kappa shape index (κ1) is 17.9. The van der Waals surface area contributed by atoms with Crippen LogP contribution in [0.5, 0.6) is 0 Å². The average molecular weight is 353 g/mol. The molecule has 0 saturated heterocycles. The summed E-state index contributed by atoms with van der Waals surface area (Å²) in [7, 11) is 0. The molecule has 1 aliphatic rings. The number of hydrogen-bond donors (Lipinski definition) is 3. The predicted molar refractivity (Wildman–Crippen MR) is 99.9 cm³/mol. The van der Waals surface area contributed by atoms with Gasteiger partial charge in [0.25, 0.3) is 5.56 Å². The molecule has 1 aromatic heterocycles. The highest BCUT2D eigenvalue weighted by Gasteiger charge is 2.26. The molecule has 2 aromatic rings. The summed E-state index contributed by atoms with van der Waals surface area (Å²) in [5.41, 5.74) is 3.99. The Hall–Kier alpha value is -2.89. The Labute approximate surface area is 152 Å². The lowest BCUT2D eigenvalue weighted by molar-refractivity contribution is -0.122. The molecule has 26 heavy (non-hydrogen) atoms. The number of aryl methyl sites for hydroxylation is 2. The summed E-state index contributed by atoms with van der Waals surface area (Å²) in [6, 6.07) is 9.60. The largest absolute Gasteiger partial charge is 0.352 e. The lowest BCUT2D eigenvalue weighted by Gasteiger charge is -2.24.